The third-order valence-corrected chi connectivity index (χ3v) is 6.63. The lowest BCUT2D eigenvalue weighted by atomic mass is 9.95. The van der Waals surface area contributed by atoms with Crippen molar-refractivity contribution in [3.05, 3.63) is 84.9 Å². The number of nitrogens with zero attached hydrogens (tertiary/aromatic N) is 4. The predicted molar refractivity (Wildman–Crippen MR) is 137 cm³/mol. The van der Waals surface area contributed by atoms with Crippen molar-refractivity contribution in [1.82, 2.24) is 19.5 Å². The van der Waals surface area contributed by atoms with E-state index in [1.165, 1.54) is 9.44 Å². The van der Waals surface area contributed by atoms with Gasteiger partial charge in [0.15, 0.2) is 5.02 Å². The van der Waals surface area contributed by atoms with Gasteiger partial charge in [-0.05, 0) is 49.9 Å². The van der Waals surface area contributed by atoms with Crippen LogP contribution < -0.4 is 10.3 Å². The summed E-state index contributed by atoms with van der Waals surface area (Å²) in [6.45, 7) is 12.3. The van der Waals surface area contributed by atoms with Crippen molar-refractivity contribution in [3.63, 3.8) is 0 Å². The van der Waals surface area contributed by atoms with Gasteiger partial charge in [0.05, 0.1) is 11.4 Å². The first kappa shape index (κ1) is 24.1. The van der Waals surface area contributed by atoms with E-state index in [4.69, 9.17) is 21.3 Å². The molecule has 34 heavy (non-hydrogen) atoms. The molecule has 0 aliphatic rings. The molecule has 0 aliphatic heterocycles. The highest BCUT2D eigenvalue weighted by Crippen LogP contribution is 2.27. The summed E-state index contributed by atoms with van der Waals surface area (Å²) in [6.07, 6.45) is 1.76. The molecule has 8 heteroatoms. The summed E-state index contributed by atoms with van der Waals surface area (Å²) >= 11 is 8.08. The summed E-state index contributed by atoms with van der Waals surface area (Å²) in [5, 5.41) is 1.98. The number of ether oxygens (including phenoxy) is 1. The third kappa shape index (κ3) is 4.91. The van der Waals surface area contributed by atoms with Gasteiger partial charge in [-0.3, -0.25) is 9.36 Å². The maximum atomic E-state index is 13.3. The van der Waals surface area contributed by atoms with E-state index < -0.39 is 0 Å². The van der Waals surface area contributed by atoms with E-state index in [1.54, 1.807) is 24.5 Å². The molecule has 6 nitrogen and oxygen atoms in total. The van der Waals surface area contributed by atoms with Gasteiger partial charge in [0.2, 0.25) is 5.88 Å². The van der Waals surface area contributed by atoms with E-state index in [0.29, 0.717) is 18.1 Å². The number of hydrogen-bond acceptors (Lipinski definition) is 6. The average Bonchev–Trinajstić information content (AvgIpc) is 3.21. The molecule has 0 atom stereocenters. The Morgan fingerprint density at radius 3 is 2.53 bits per heavy atom. The molecule has 176 valence electrons. The van der Waals surface area contributed by atoms with Gasteiger partial charge in [-0.2, -0.15) is 4.98 Å². The lowest BCUT2D eigenvalue weighted by Gasteiger charge is -2.18. The van der Waals surface area contributed by atoms with Gasteiger partial charge in [-0.1, -0.05) is 44.5 Å². The van der Waals surface area contributed by atoms with E-state index in [0.717, 1.165) is 28.2 Å². The third-order valence-electron chi connectivity index (χ3n) is 5.40. The molecule has 0 spiro atoms. The van der Waals surface area contributed by atoms with Crippen LogP contribution in [0.4, 0.5) is 0 Å². The number of benzene rings is 1. The van der Waals surface area contributed by atoms with Crippen molar-refractivity contribution in [2.24, 2.45) is 0 Å². The van der Waals surface area contributed by atoms with Gasteiger partial charge < -0.3 is 4.74 Å². The molecule has 0 saturated carbocycles. The van der Waals surface area contributed by atoms with Crippen LogP contribution in [0.5, 0.6) is 5.88 Å². The number of hydrogen-bond donors (Lipinski definition) is 0. The van der Waals surface area contributed by atoms with Crippen LogP contribution in [0, 0.1) is 20.8 Å². The Labute approximate surface area is 208 Å². The van der Waals surface area contributed by atoms with E-state index >= 15 is 0 Å². The number of aromatic nitrogens is 4. The van der Waals surface area contributed by atoms with Crippen molar-refractivity contribution in [2.45, 2.75) is 53.6 Å². The predicted octanol–water partition coefficient (Wildman–Crippen LogP) is 6.21. The zero-order chi connectivity index (χ0) is 24.6. The molecule has 4 aromatic rings. The monoisotopic (exact) mass is 494 g/mol. The van der Waals surface area contributed by atoms with Crippen LogP contribution in [0.2, 0.25) is 5.02 Å². The number of thiophene rings is 1. The van der Waals surface area contributed by atoms with Crippen LogP contribution >= 0.6 is 22.9 Å². The Balaban J connectivity index is 1.73. The molecule has 0 bridgehead atoms. The van der Waals surface area contributed by atoms with Crippen LogP contribution in [0.1, 0.15) is 48.4 Å². The highest BCUT2D eigenvalue weighted by molar-refractivity contribution is 7.10. The van der Waals surface area contributed by atoms with Gasteiger partial charge in [-0.15, -0.1) is 11.3 Å². The number of rotatable bonds is 5. The lowest BCUT2D eigenvalue weighted by Crippen LogP contribution is -2.24. The SMILES string of the molecule is Cc1cc(COc2nc(C)n(-c3cc(-c4ccnc(C(C)(C)C)n4)ccc3C)c(=O)c2Cl)cs1. The summed E-state index contributed by atoms with van der Waals surface area (Å²) in [4.78, 5) is 28.2. The summed E-state index contributed by atoms with van der Waals surface area (Å²) in [5.74, 6) is 1.39. The molecule has 0 unspecified atom stereocenters. The van der Waals surface area contributed by atoms with E-state index in [9.17, 15) is 4.79 Å². The van der Waals surface area contributed by atoms with E-state index in [1.807, 2.05) is 49.6 Å². The van der Waals surface area contributed by atoms with E-state index in [2.05, 4.69) is 30.7 Å². The van der Waals surface area contributed by atoms with Crippen molar-refractivity contribution in [1.29, 1.82) is 0 Å². The quantitative estimate of drug-likeness (QED) is 0.330. The zero-order valence-corrected chi connectivity index (χ0v) is 21.7. The molecule has 4 rings (SSSR count). The molecule has 0 saturated heterocycles. The average molecular weight is 495 g/mol. The van der Waals surface area contributed by atoms with Crippen LogP contribution in [0.15, 0.2) is 46.7 Å². The maximum absolute atomic E-state index is 13.3. The van der Waals surface area contributed by atoms with Gasteiger partial charge >= 0.3 is 0 Å². The van der Waals surface area contributed by atoms with Crippen LogP contribution in [-0.4, -0.2) is 19.5 Å². The smallest absolute Gasteiger partial charge is 0.280 e. The van der Waals surface area contributed by atoms with Crippen LogP contribution in [-0.2, 0) is 12.0 Å². The standard InChI is InChI=1S/C26H27ClN4O2S/c1-15-7-8-19(20-9-10-28-25(30-20)26(4,5)6)12-21(15)31-17(3)29-23(22(27)24(31)32)33-13-18-11-16(2)34-14-18/h7-12,14H,13H2,1-6H3. The minimum absolute atomic E-state index is 0.0422. The normalized spacial score (nSPS) is 11.6. The van der Waals surface area contributed by atoms with Crippen molar-refractivity contribution < 1.29 is 4.74 Å². The van der Waals surface area contributed by atoms with Crippen LogP contribution in [0.3, 0.4) is 0 Å². The molecule has 3 heterocycles. The minimum atomic E-state index is -0.371. The first-order valence-corrected chi connectivity index (χ1v) is 12.2. The fourth-order valence-electron chi connectivity index (χ4n) is 3.58. The molecule has 0 fully saturated rings. The fraction of sp³-hybridized carbons (Fsp3) is 0.308. The lowest BCUT2D eigenvalue weighted by molar-refractivity contribution is 0.292. The Hall–Kier alpha value is -3.03. The molecule has 0 N–H and O–H groups in total. The van der Waals surface area contributed by atoms with Gasteiger partial charge in [0.25, 0.3) is 5.56 Å². The van der Waals surface area contributed by atoms with Crippen molar-refractivity contribution in [2.75, 3.05) is 0 Å². The summed E-state index contributed by atoms with van der Waals surface area (Å²) < 4.78 is 7.31. The van der Waals surface area contributed by atoms with Crippen molar-refractivity contribution in [3.8, 4) is 22.8 Å². The Bertz CT molecular complexity index is 1420. The summed E-state index contributed by atoms with van der Waals surface area (Å²) in [7, 11) is 0. The van der Waals surface area contributed by atoms with Crippen LogP contribution in [0.25, 0.3) is 16.9 Å². The van der Waals surface area contributed by atoms with Gasteiger partial charge in [0.1, 0.15) is 18.3 Å². The number of halogens is 1. The largest absolute Gasteiger partial charge is 0.472 e. The topological polar surface area (TPSA) is 69.9 Å². The zero-order valence-electron chi connectivity index (χ0n) is 20.1. The molecular formula is C26H27ClN4O2S. The second-order valence-electron chi connectivity index (χ2n) is 9.29. The highest BCUT2D eigenvalue weighted by atomic mass is 35.5. The second-order valence-corrected chi connectivity index (χ2v) is 10.8. The van der Waals surface area contributed by atoms with Gasteiger partial charge in [-0.25, -0.2) is 9.97 Å². The van der Waals surface area contributed by atoms with Crippen molar-refractivity contribution >= 4 is 22.9 Å². The van der Waals surface area contributed by atoms with E-state index in [-0.39, 0.29) is 21.9 Å². The molecular weight excluding hydrogens is 468 g/mol. The highest BCUT2D eigenvalue weighted by Gasteiger charge is 2.20. The fourth-order valence-corrected chi connectivity index (χ4v) is 4.45. The molecule has 3 aromatic heterocycles. The second kappa shape index (κ2) is 9.31. The first-order chi connectivity index (χ1) is 16.0. The molecule has 0 radical (unpaired) electrons. The maximum Gasteiger partial charge on any atom is 0.280 e. The number of aryl methyl sites for hydroxylation is 3. The molecule has 1 aromatic carbocycles. The Morgan fingerprint density at radius 1 is 1.09 bits per heavy atom. The summed E-state index contributed by atoms with van der Waals surface area (Å²) in [5.41, 5.74) is 3.76. The first-order valence-electron chi connectivity index (χ1n) is 11.0. The molecule has 0 amide bonds. The van der Waals surface area contributed by atoms with Gasteiger partial charge in [0, 0.05) is 27.6 Å². The summed E-state index contributed by atoms with van der Waals surface area (Å²) in [6, 6.07) is 9.80. The Kier molecular flexibility index (Phi) is 6.60. The Morgan fingerprint density at radius 2 is 1.85 bits per heavy atom. The molecule has 0 aliphatic carbocycles. The minimum Gasteiger partial charge on any atom is -0.472 e.